The molecular formula is C29H33N3O2. The summed E-state index contributed by atoms with van der Waals surface area (Å²) in [4.78, 5) is 22.1. The van der Waals surface area contributed by atoms with Crippen molar-refractivity contribution in [3.63, 3.8) is 0 Å². The van der Waals surface area contributed by atoms with Crippen molar-refractivity contribution in [2.45, 2.75) is 44.9 Å². The Morgan fingerprint density at radius 2 is 1.71 bits per heavy atom. The molecule has 0 bridgehead atoms. The van der Waals surface area contributed by atoms with Crippen LogP contribution in [0.25, 0.3) is 0 Å². The fourth-order valence-corrected chi connectivity index (χ4v) is 5.52. The summed E-state index contributed by atoms with van der Waals surface area (Å²) >= 11 is 0. The van der Waals surface area contributed by atoms with Crippen LogP contribution in [0.3, 0.4) is 0 Å². The molecular weight excluding hydrogens is 422 g/mol. The topological polar surface area (TPSA) is 45.7 Å². The monoisotopic (exact) mass is 455 g/mol. The molecule has 2 aliphatic rings. The summed E-state index contributed by atoms with van der Waals surface area (Å²) in [6, 6.07) is 25.0. The molecule has 0 aliphatic carbocycles. The average molecular weight is 456 g/mol. The van der Waals surface area contributed by atoms with Gasteiger partial charge in [-0.05, 0) is 62.5 Å². The Hall–Kier alpha value is -3.18. The van der Waals surface area contributed by atoms with Crippen molar-refractivity contribution >= 4 is 5.91 Å². The van der Waals surface area contributed by atoms with E-state index >= 15 is 0 Å². The van der Waals surface area contributed by atoms with Crippen LogP contribution in [0.4, 0.5) is 0 Å². The Morgan fingerprint density at radius 3 is 2.47 bits per heavy atom. The number of hydrogen-bond donors (Lipinski definition) is 0. The zero-order valence-electron chi connectivity index (χ0n) is 19.9. The van der Waals surface area contributed by atoms with E-state index in [1.165, 1.54) is 11.1 Å². The molecule has 1 unspecified atom stereocenters. The van der Waals surface area contributed by atoms with E-state index in [0.29, 0.717) is 18.6 Å². The third-order valence-electron chi connectivity index (χ3n) is 7.54. The molecule has 1 aromatic heterocycles. The van der Waals surface area contributed by atoms with E-state index in [0.717, 1.165) is 56.8 Å². The minimum atomic E-state index is -0.195. The maximum atomic E-state index is 13.3. The summed E-state index contributed by atoms with van der Waals surface area (Å²) in [5.41, 5.74) is 3.22. The number of aromatic nitrogens is 1. The highest BCUT2D eigenvalue weighted by Gasteiger charge is 2.51. The van der Waals surface area contributed by atoms with Gasteiger partial charge in [0.25, 0.3) is 0 Å². The third kappa shape index (κ3) is 4.85. The third-order valence-corrected chi connectivity index (χ3v) is 7.54. The second-order valence-corrected chi connectivity index (χ2v) is 9.74. The summed E-state index contributed by atoms with van der Waals surface area (Å²) < 4.78 is 6.11. The molecule has 3 heterocycles. The molecule has 0 saturated carbocycles. The Balaban J connectivity index is 1.19. The van der Waals surface area contributed by atoms with Gasteiger partial charge >= 0.3 is 0 Å². The van der Waals surface area contributed by atoms with Crippen molar-refractivity contribution in [2.75, 3.05) is 20.1 Å². The fraction of sp³-hybridized carbons (Fsp3) is 0.379. The lowest BCUT2D eigenvalue weighted by atomic mass is 9.75. The SMILES string of the molecule is CN1C(=O)C2(CCN(Cc3ccccc3OCc3ccccn3)CC2)CC1Cc1ccccc1. The van der Waals surface area contributed by atoms with Crippen LogP contribution in [0.15, 0.2) is 79.0 Å². The van der Waals surface area contributed by atoms with Crippen LogP contribution in [0.1, 0.15) is 36.1 Å². The first-order valence-electron chi connectivity index (χ1n) is 12.3. The number of likely N-dealkylation sites (tertiary alicyclic amines) is 2. The molecule has 0 radical (unpaired) electrons. The van der Waals surface area contributed by atoms with Gasteiger partial charge in [0.05, 0.1) is 11.1 Å². The van der Waals surface area contributed by atoms with Gasteiger partial charge in [-0.25, -0.2) is 0 Å². The maximum Gasteiger partial charge on any atom is 0.228 e. The van der Waals surface area contributed by atoms with E-state index in [-0.39, 0.29) is 5.41 Å². The van der Waals surface area contributed by atoms with Crippen LogP contribution < -0.4 is 4.74 Å². The fourth-order valence-electron chi connectivity index (χ4n) is 5.52. The van der Waals surface area contributed by atoms with Crippen LogP contribution in [0.2, 0.25) is 0 Å². The molecule has 0 N–H and O–H groups in total. The van der Waals surface area contributed by atoms with E-state index in [2.05, 4.69) is 46.3 Å². The summed E-state index contributed by atoms with van der Waals surface area (Å²) in [6.07, 6.45) is 5.56. The summed E-state index contributed by atoms with van der Waals surface area (Å²) in [5, 5.41) is 0. The number of piperidine rings is 1. The van der Waals surface area contributed by atoms with E-state index in [1.54, 1.807) is 6.20 Å². The molecule has 34 heavy (non-hydrogen) atoms. The van der Waals surface area contributed by atoms with E-state index < -0.39 is 0 Å². The van der Waals surface area contributed by atoms with Crippen LogP contribution >= 0.6 is 0 Å². The number of pyridine rings is 1. The van der Waals surface area contributed by atoms with Crippen molar-refractivity contribution in [3.8, 4) is 5.75 Å². The van der Waals surface area contributed by atoms with Crippen molar-refractivity contribution in [2.24, 2.45) is 5.41 Å². The van der Waals surface area contributed by atoms with E-state index in [4.69, 9.17) is 4.74 Å². The van der Waals surface area contributed by atoms with Crippen molar-refractivity contribution < 1.29 is 9.53 Å². The van der Waals surface area contributed by atoms with Crippen LogP contribution in [0, 0.1) is 5.41 Å². The molecule has 1 amide bonds. The lowest BCUT2D eigenvalue weighted by Gasteiger charge is -2.38. The number of nitrogens with zero attached hydrogens (tertiary/aromatic N) is 3. The van der Waals surface area contributed by atoms with Crippen molar-refractivity contribution in [1.29, 1.82) is 0 Å². The highest BCUT2D eigenvalue weighted by atomic mass is 16.5. The highest BCUT2D eigenvalue weighted by molar-refractivity contribution is 5.85. The van der Waals surface area contributed by atoms with Gasteiger partial charge in [-0.3, -0.25) is 14.7 Å². The second-order valence-electron chi connectivity index (χ2n) is 9.74. The molecule has 5 heteroatoms. The van der Waals surface area contributed by atoms with Crippen LogP contribution in [-0.2, 0) is 24.4 Å². The molecule has 3 aromatic rings. The molecule has 2 aliphatic heterocycles. The molecule has 2 saturated heterocycles. The smallest absolute Gasteiger partial charge is 0.228 e. The first-order chi connectivity index (χ1) is 16.6. The molecule has 1 spiro atoms. The van der Waals surface area contributed by atoms with Gasteiger partial charge in [-0.1, -0.05) is 54.6 Å². The first-order valence-corrected chi connectivity index (χ1v) is 12.3. The Morgan fingerprint density at radius 1 is 0.971 bits per heavy atom. The molecule has 5 nitrogen and oxygen atoms in total. The number of amides is 1. The van der Waals surface area contributed by atoms with Gasteiger partial charge in [-0.2, -0.15) is 0 Å². The number of benzene rings is 2. The average Bonchev–Trinajstić information content (AvgIpc) is 3.10. The molecule has 5 rings (SSSR count). The standard InChI is InChI=1S/C29H33N3O2/c1-31-26(19-23-9-3-2-4-10-23)20-29(28(31)33)14-17-32(18-15-29)21-24-11-5-6-13-27(24)34-22-25-12-7-8-16-30-25/h2-13,16,26H,14-15,17-22H2,1H3. The van der Waals surface area contributed by atoms with Gasteiger partial charge in [0, 0.05) is 31.4 Å². The number of para-hydroxylation sites is 1. The van der Waals surface area contributed by atoms with Gasteiger partial charge in [0.2, 0.25) is 5.91 Å². The summed E-state index contributed by atoms with van der Waals surface area (Å²) in [7, 11) is 1.99. The quantitative estimate of drug-likeness (QED) is 0.517. The molecule has 2 fully saturated rings. The van der Waals surface area contributed by atoms with Crippen molar-refractivity contribution in [1.82, 2.24) is 14.8 Å². The highest BCUT2D eigenvalue weighted by Crippen LogP contribution is 2.45. The number of likely N-dealkylation sites (N-methyl/N-ethyl adjacent to an activating group) is 1. The summed E-state index contributed by atoms with van der Waals surface area (Å²) in [6.45, 7) is 3.18. The molecule has 176 valence electrons. The molecule has 1 atom stereocenters. The predicted octanol–water partition coefficient (Wildman–Crippen LogP) is 4.72. The van der Waals surface area contributed by atoms with E-state index in [1.807, 2.05) is 48.3 Å². The first kappa shape index (κ1) is 22.6. The zero-order valence-corrected chi connectivity index (χ0v) is 19.9. The van der Waals surface area contributed by atoms with Gasteiger partial charge in [0.1, 0.15) is 12.4 Å². The maximum absolute atomic E-state index is 13.3. The minimum Gasteiger partial charge on any atom is -0.487 e. The van der Waals surface area contributed by atoms with E-state index in [9.17, 15) is 4.79 Å². The Kier molecular flexibility index (Phi) is 6.63. The van der Waals surface area contributed by atoms with Crippen LogP contribution in [0.5, 0.6) is 5.75 Å². The predicted molar refractivity (Wildman–Crippen MR) is 133 cm³/mol. The number of rotatable bonds is 7. The van der Waals surface area contributed by atoms with Crippen molar-refractivity contribution in [3.05, 3.63) is 95.8 Å². The largest absolute Gasteiger partial charge is 0.487 e. The second kappa shape index (κ2) is 9.98. The number of ether oxygens (including phenoxy) is 1. The number of carbonyl (C=O) groups excluding carboxylic acids is 1. The Labute approximate surface area is 202 Å². The minimum absolute atomic E-state index is 0.195. The van der Waals surface area contributed by atoms with Gasteiger partial charge in [-0.15, -0.1) is 0 Å². The lowest BCUT2D eigenvalue weighted by Crippen LogP contribution is -2.43. The van der Waals surface area contributed by atoms with Crippen LogP contribution in [-0.4, -0.2) is 46.9 Å². The lowest BCUT2D eigenvalue weighted by molar-refractivity contribution is -0.137. The number of carbonyl (C=O) groups is 1. The normalized spacial score (nSPS) is 20.1. The zero-order chi connectivity index (χ0) is 23.4. The van der Waals surface area contributed by atoms with Gasteiger partial charge in [0.15, 0.2) is 0 Å². The molecule has 2 aromatic carbocycles. The Bertz CT molecular complexity index is 1090. The summed E-state index contributed by atoms with van der Waals surface area (Å²) in [5.74, 6) is 1.25. The van der Waals surface area contributed by atoms with Gasteiger partial charge < -0.3 is 9.64 Å². The number of hydrogen-bond acceptors (Lipinski definition) is 4.